The van der Waals surface area contributed by atoms with E-state index in [4.69, 9.17) is 5.73 Å². The summed E-state index contributed by atoms with van der Waals surface area (Å²) in [6, 6.07) is 13.9. The van der Waals surface area contributed by atoms with Gasteiger partial charge >= 0.3 is 0 Å². The van der Waals surface area contributed by atoms with Gasteiger partial charge in [-0.3, -0.25) is 0 Å². The van der Waals surface area contributed by atoms with Crippen LogP contribution in [-0.2, 0) is 0 Å². The number of para-hydroxylation sites is 1. The first kappa shape index (κ1) is 7.80. The van der Waals surface area contributed by atoms with Gasteiger partial charge < -0.3 is 5.73 Å². The fraction of sp³-hybridized carbons (Fsp3) is 0. The number of rotatable bonds is 1. The minimum atomic E-state index is 0.784. The van der Waals surface area contributed by atoms with Gasteiger partial charge in [0.2, 0.25) is 5.69 Å². The second kappa shape index (κ2) is 3.27. The second-order valence-corrected chi connectivity index (χ2v) is 2.87. The van der Waals surface area contributed by atoms with Crippen LogP contribution in [0.25, 0.3) is 5.69 Å². The van der Waals surface area contributed by atoms with Gasteiger partial charge in [0.25, 0.3) is 0 Å². The van der Waals surface area contributed by atoms with E-state index in [0.717, 1.165) is 11.4 Å². The van der Waals surface area contributed by atoms with Crippen LogP contribution >= 0.6 is 0 Å². The maximum Gasteiger partial charge on any atom is 0.210 e. The minimum Gasteiger partial charge on any atom is -0.398 e. The number of nitrogen functional groups attached to an aromatic ring is 1. The molecule has 2 heteroatoms. The Morgan fingerprint density at radius 3 is 2.08 bits per heavy atom. The molecule has 0 aliphatic heterocycles. The van der Waals surface area contributed by atoms with Crippen molar-refractivity contribution in [1.29, 1.82) is 0 Å². The molecule has 0 spiro atoms. The summed E-state index contributed by atoms with van der Waals surface area (Å²) in [6.07, 6.45) is 3.90. The SMILES string of the molecule is Nc1cc[n+](-c2ccccc2)cc1. The van der Waals surface area contributed by atoms with E-state index in [1.54, 1.807) is 0 Å². The van der Waals surface area contributed by atoms with Gasteiger partial charge in [-0.1, -0.05) is 18.2 Å². The second-order valence-electron chi connectivity index (χ2n) is 2.87. The number of pyridine rings is 1. The lowest BCUT2D eigenvalue weighted by Crippen LogP contribution is -2.28. The lowest BCUT2D eigenvalue weighted by molar-refractivity contribution is -0.595. The predicted molar refractivity (Wildman–Crippen MR) is 52.4 cm³/mol. The van der Waals surface area contributed by atoms with Gasteiger partial charge in [-0.05, 0) is 0 Å². The van der Waals surface area contributed by atoms with Gasteiger partial charge in [-0.2, -0.15) is 4.57 Å². The Bertz CT molecular complexity index is 379. The van der Waals surface area contributed by atoms with E-state index in [-0.39, 0.29) is 0 Å². The summed E-state index contributed by atoms with van der Waals surface area (Å²) in [4.78, 5) is 0. The molecule has 64 valence electrons. The van der Waals surface area contributed by atoms with E-state index in [9.17, 15) is 0 Å². The molecule has 0 aliphatic rings. The number of hydrogen-bond donors (Lipinski definition) is 1. The summed E-state index contributed by atoms with van der Waals surface area (Å²) in [5, 5.41) is 0. The van der Waals surface area contributed by atoms with E-state index in [0.29, 0.717) is 0 Å². The molecule has 1 heterocycles. The first-order valence-electron chi connectivity index (χ1n) is 4.18. The Morgan fingerprint density at radius 1 is 0.846 bits per heavy atom. The first-order chi connectivity index (χ1) is 6.36. The third-order valence-corrected chi connectivity index (χ3v) is 1.91. The summed E-state index contributed by atoms with van der Waals surface area (Å²) in [6.45, 7) is 0. The van der Waals surface area contributed by atoms with Crippen molar-refractivity contribution >= 4 is 5.69 Å². The van der Waals surface area contributed by atoms with E-state index in [1.807, 2.05) is 47.3 Å². The molecule has 0 fully saturated rings. The van der Waals surface area contributed by atoms with Crippen LogP contribution in [0.4, 0.5) is 5.69 Å². The molecule has 1 aromatic carbocycles. The van der Waals surface area contributed by atoms with Gasteiger partial charge in [0.05, 0.1) is 0 Å². The minimum absolute atomic E-state index is 0.784. The van der Waals surface area contributed by atoms with Crippen molar-refractivity contribution in [3.05, 3.63) is 54.9 Å². The monoisotopic (exact) mass is 171 g/mol. The maximum absolute atomic E-state index is 5.59. The summed E-state index contributed by atoms with van der Waals surface area (Å²) in [7, 11) is 0. The van der Waals surface area contributed by atoms with E-state index in [2.05, 4.69) is 12.1 Å². The summed E-state index contributed by atoms with van der Waals surface area (Å²) in [5.41, 5.74) is 7.52. The maximum atomic E-state index is 5.59. The molecule has 0 saturated heterocycles. The van der Waals surface area contributed by atoms with Crippen molar-refractivity contribution in [2.75, 3.05) is 5.73 Å². The molecule has 0 amide bonds. The molecular formula is C11H11N2+. The Hall–Kier alpha value is -1.83. The lowest BCUT2D eigenvalue weighted by Gasteiger charge is -1.94. The Kier molecular flexibility index (Phi) is 1.96. The molecule has 2 N–H and O–H groups in total. The zero-order valence-corrected chi connectivity index (χ0v) is 7.22. The number of hydrogen-bond acceptors (Lipinski definition) is 1. The van der Waals surface area contributed by atoms with Crippen molar-refractivity contribution in [3.8, 4) is 5.69 Å². The van der Waals surface area contributed by atoms with Gasteiger partial charge in [0, 0.05) is 30.0 Å². The third-order valence-electron chi connectivity index (χ3n) is 1.91. The molecule has 0 unspecified atom stereocenters. The van der Waals surface area contributed by atoms with E-state index < -0.39 is 0 Å². The average Bonchev–Trinajstić information content (AvgIpc) is 2.20. The van der Waals surface area contributed by atoms with Crippen LogP contribution < -0.4 is 10.3 Å². The van der Waals surface area contributed by atoms with Crippen molar-refractivity contribution in [3.63, 3.8) is 0 Å². The molecule has 0 bridgehead atoms. The van der Waals surface area contributed by atoms with Crippen LogP contribution in [0.1, 0.15) is 0 Å². The van der Waals surface area contributed by atoms with E-state index >= 15 is 0 Å². The summed E-state index contributed by atoms with van der Waals surface area (Å²) < 4.78 is 2.02. The molecule has 0 atom stereocenters. The van der Waals surface area contributed by atoms with Gasteiger partial charge in [0.15, 0.2) is 12.4 Å². The fourth-order valence-electron chi connectivity index (χ4n) is 1.21. The zero-order chi connectivity index (χ0) is 9.10. The molecule has 13 heavy (non-hydrogen) atoms. The highest BCUT2D eigenvalue weighted by Crippen LogP contribution is 1.99. The van der Waals surface area contributed by atoms with Crippen LogP contribution in [0, 0.1) is 0 Å². The number of anilines is 1. The molecular weight excluding hydrogens is 160 g/mol. The number of benzene rings is 1. The highest BCUT2D eigenvalue weighted by molar-refractivity contribution is 5.33. The Balaban J connectivity index is 2.42. The molecule has 0 saturated carbocycles. The van der Waals surface area contributed by atoms with Gasteiger partial charge in [0.1, 0.15) is 0 Å². The number of aromatic nitrogens is 1. The van der Waals surface area contributed by atoms with Crippen LogP contribution in [0.5, 0.6) is 0 Å². The standard InChI is InChI=1S/C11H10N2/c12-10-6-8-13(9-7-10)11-4-2-1-3-5-11/h1-9,12H/p+1. The Morgan fingerprint density at radius 2 is 1.46 bits per heavy atom. The van der Waals surface area contributed by atoms with Crippen LogP contribution in [0.2, 0.25) is 0 Å². The predicted octanol–water partition coefficient (Wildman–Crippen LogP) is 1.55. The van der Waals surface area contributed by atoms with Crippen LogP contribution in [-0.4, -0.2) is 0 Å². The molecule has 0 aliphatic carbocycles. The fourth-order valence-corrected chi connectivity index (χ4v) is 1.21. The first-order valence-corrected chi connectivity index (χ1v) is 4.18. The quantitative estimate of drug-likeness (QED) is 0.648. The summed E-state index contributed by atoms with van der Waals surface area (Å²) in [5.74, 6) is 0. The topological polar surface area (TPSA) is 29.9 Å². The highest BCUT2D eigenvalue weighted by atomic mass is 14.9. The molecule has 0 radical (unpaired) electrons. The lowest BCUT2D eigenvalue weighted by atomic mass is 10.3. The third kappa shape index (κ3) is 1.67. The molecule has 2 nitrogen and oxygen atoms in total. The van der Waals surface area contributed by atoms with Crippen LogP contribution in [0.3, 0.4) is 0 Å². The van der Waals surface area contributed by atoms with Gasteiger partial charge in [-0.15, -0.1) is 0 Å². The highest BCUT2D eigenvalue weighted by Gasteiger charge is 2.01. The molecule has 2 aromatic rings. The van der Waals surface area contributed by atoms with Gasteiger partial charge in [-0.25, -0.2) is 0 Å². The number of nitrogens with zero attached hydrogens (tertiary/aromatic N) is 1. The largest absolute Gasteiger partial charge is 0.398 e. The van der Waals surface area contributed by atoms with Crippen molar-refractivity contribution in [2.24, 2.45) is 0 Å². The zero-order valence-electron chi connectivity index (χ0n) is 7.22. The van der Waals surface area contributed by atoms with Crippen molar-refractivity contribution in [1.82, 2.24) is 0 Å². The normalized spacial score (nSPS) is 9.85. The van der Waals surface area contributed by atoms with Crippen LogP contribution in [0.15, 0.2) is 54.9 Å². The Labute approximate surface area is 77.3 Å². The number of nitrogens with two attached hydrogens (primary N) is 1. The molecule has 1 aromatic heterocycles. The van der Waals surface area contributed by atoms with Crippen molar-refractivity contribution < 1.29 is 4.57 Å². The van der Waals surface area contributed by atoms with E-state index in [1.165, 1.54) is 0 Å². The smallest absolute Gasteiger partial charge is 0.210 e. The average molecular weight is 171 g/mol. The van der Waals surface area contributed by atoms with Crippen molar-refractivity contribution in [2.45, 2.75) is 0 Å². The molecule has 2 rings (SSSR count). The summed E-state index contributed by atoms with van der Waals surface area (Å²) >= 11 is 0.